The molecule has 0 saturated carbocycles. The average molecular weight is 299 g/mol. The second kappa shape index (κ2) is 5.93. The summed E-state index contributed by atoms with van der Waals surface area (Å²) < 4.78 is 5.58. The fraction of sp³-hybridized carbons (Fsp3) is 0.412. The highest BCUT2D eigenvalue weighted by molar-refractivity contribution is 6.00. The van der Waals surface area contributed by atoms with E-state index in [0.717, 1.165) is 22.2 Å². The highest BCUT2D eigenvalue weighted by Gasteiger charge is 2.29. The summed E-state index contributed by atoms with van der Waals surface area (Å²) in [5.41, 5.74) is 2.67. The molecule has 2 amide bonds. The number of nitrogens with one attached hydrogen (secondary N) is 1. The van der Waals surface area contributed by atoms with Gasteiger partial charge >= 0.3 is 6.03 Å². The van der Waals surface area contributed by atoms with Crippen LogP contribution in [0.5, 0.6) is 0 Å². The number of rotatable bonds is 1. The van der Waals surface area contributed by atoms with E-state index in [1.807, 2.05) is 43.9 Å². The molecule has 3 rings (SSSR count). The molecular formula is C17H21N3O2. The number of aryl methyl sites for hydroxylation is 1. The van der Waals surface area contributed by atoms with Gasteiger partial charge in [-0.25, -0.2) is 4.79 Å². The Balaban J connectivity index is 1.88. The number of aromatic nitrogens is 1. The number of fused-ring (bicyclic) bond motifs is 1. The van der Waals surface area contributed by atoms with E-state index < -0.39 is 0 Å². The number of carbonyl (C=O) groups is 1. The third-order valence-electron chi connectivity index (χ3n) is 4.24. The van der Waals surface area contributed by atoms with Crippen LogP contribution in [-0.4, -0.2) is 41.2 Å². The van der Waals surface area contributed by atoms with E-state index in [9.17, 15) is 4.79 Å². The van der Waals surface area contributed by atoms with Crippen LogP contribution in [0.4, 0.5) is 10.5 Å². The quantitative estimate of drug-likeness (QED) is 0.880. The smallest absolute Gasteiger partial charge is 0.322 e. The average Bonchev–Trinajstić information content (AvgIpc) is 2.49. The van der Waals surface area contributed by atoms with E-state index in [4.69, 9.17) is 4.74 Å². The molecule has 1 N–H and O–H groups in total. The molecule has 1 fully saturated rings. The van der Waals surface area contributed by atoms with E-state index in [-0.39, 0.29) is 18.2 Å². The lowest BCUT2D eigenvalue weighted by molar-refractivity contribution is -0.0355. The third kappa shape index (κ3) is 2.76. The van der Waals surface area contributed by atoms with Crippen molar-refractivity contribution < 1.29 is 9.53 Å². The minimum absolute atomic E-state index is 0.0480. The normalized spacial score (nSPS) is 21.9. The standard InChI is InChI=1S/C17H21N3O2/c1-11-9-14-5-4-6-18-16(14)15(10-11)19-17(21)20-7-8-22-13(3)12(20)2/h4-6,9-10,12-13H,7-8H2,1-3H3,(H,19,21). The zero-order chi connectivity index (χ0) is 15.7. The lowest BCUT2D eigenvalue weighted by atomic mass is 10.1. The first-order chi connectivity index (χ1) is 10.6. The van der Waals surface area contributed by atoms with Crippen LogP contribution in [0.1, 0.15) is 19.4 Å². The van der Waals surface area contributed by atoms with Crippen LogP contribution >= 0.6 is 0 Å². The molecule has 0 radical (unpaired) electrons. The van der Waals surface area contributed by atoms with Gasteiger partial charge in [0.2, 0.25) is 0 Å². The van der Waals surface area contributed by atoms with Crippen molar-refractivity contribution in [3.05, 3.63) is 36.0 Å². The van der Waals surface area contributed by atoms with Crippen molar-refractivity contribution >= 4 is 22.6 Å². The van der Waals surface area contributed by atoms with Gasteiger partial charge in [0.25, 0.3) is 0 Å². The first-order valence-corrected chi connectivity index (χ1v) is 7.61. The summed E-state index contributed by atoms with van der Waals surface area (Å²) in [6, 6.07) is 7.89. The van der Waals surface area contributed by atoms with E-state index in [0.29, 0.717) is 13.2 Å². The van der Waals surface area contributed by atoms with E-state index in [1.54, 1.807) is 6.20 Å². The van der Waals surface area contributed by atoms with E-state index in [2.05, 4.69) is 16.4 Å². The van der Waals surface area contributed by atoms with Crippen molar-refractivity contribution in [3.8, 4) is 0 Å². The number of urea groups is 1. The molecule has 116 valence electrons. The second-order valence-electron chi connectivity index (χ2n) is 5.83. The number of ether oxygens (including phenoxy) is 1. The number of hydrogen-bond acceptors (Lipinski definition) is 3. The number of carbonyl (C=O) groups excluding carboxylic acids is 1. The number of anilines is 1. The van der Waals surface area contributed by atoms with Crippen LogP contribution in [0.15, 0.2) is 30.5 Å². The monoisotopic (exact) mass is 299 g/mol. The summed E-state index contributed by atoms with van der Waals surface area (Å²) in [6.07, 6.45) is 1.79. The molecule has 22 heavy (non-hydrogen) atoms. The largest absolute Gasteiger partial charge is 0.375 e. The van der Waals surface area contributed by atoms with Gasteiger partial charge in [0.05, 0.1) is 30.0 Å². The zero-order valence-corrected chi connectivity index (χ0v) is 13.2. The van der Waals surface area contributed by atoms with Crippen molar-refractivity contribution in [2.24, 2.45) is 0 Å². The Kier molecular flexibility index (Phi) is 3.98. The Hall–Kier alpha value is -2.14. The molecule has 1 aromatic heterocycles. The lowest BCUT2D eigenvalue weighted by Crippen LogP contribution is -2.52. The number of benzene rings is 1. The van der Waals surface area contributed by atoms with Crippen molar-refractivity contribution in [2.45, 2.75) is 32.9 Å². The van der Waals surface area contributed by atoms with Crippen LogP contribution in [0, 0.1) is 6.92 Å². The van der Waals surface area contributed by atoms with Gasteiger partial charge in [-0.2, -0.15) is 0 Å². The van der Waals surface area contributed by atoms with Crippen LogP contribution in [0.2, 0.25) is 0 Å². The minimum Gasteiger partial charge on any atom is -0.375 e. The van der Waals surface area contributed by atoms with Crippen LogP contribution in [0.3, 0.4) is 0 Å². The van der Waals surface area contributed by atoms with Gasteiger partial charge in [-0.05, 0) is 44.5 Å². The molecule has 1 aliphatic rings. The molecule has 1 saturated heterocycles. The maximum atomic E-state index is 12.6. The molecule has 2 unspecified atom stereocenters. The maximum absolute atomic E-state index is 12.6. The second-order valence-corrected chi connectivity index (χ2v) is 5.83. The van der Waals surface area contributed by atoms with Crippen molar-refractivity contribution in [2.75, 3.05) is 18.5 Å². The number of nitrogens with zero attached hydrogens (tertiary/aromatic N) is 2. The van der Waals surface area contributed by atoms with Gasteiger partial charge in [-0.15, -0.1) is 0 Å². The van der Waals surface area contributed by atoms with Crippen molar-refractivity contribution in [1.82, 2.24) is 9.88 Å². The summed E-state index contributed by atoms with van der Waals surface area (Å²) in [6.45, 7) is 7.20. The van der Waals surface area contributed by atoms with Gasteiger partial charge in [0.15, 0.2) is 0 Å². The van der Waals surface area contributed by atoms with Crippen molar-refractivity contribution in [1.29, 1.82) is 0 Å². The van der Waals surface area contributed by atoms with E-state index >= 15 is 0 Å². The molecular weight excluding hydrogens is 278 g/mol. The molecule has 2 heterocycles. The number of amides is 2. The maximum Gasteiger partial charge on any atom is 0.322 e. The molecule has 1 aromatic carbocycles. The molecule has 1 aliphatic heterocycles. The molecule has 5 heteroatoms. The Morgan fingerprint density at radius 3 is 3.05 bits per heavy atom. The third-order valence-corrected chi connectivity index (χ3v) is 4.24. The molecule has 0 aliphatic carbocycles. The predicted molar refractivity (Wildman–Crippen MR) is 87.1 cm³/mol. The molecule has 5 nitrogen and oxygen atoms in total. The summed E-state index contributed by atoms with van der Waals surface area (Å²) in [7, 11) is 0. The Morgan fingerprint density at radius 1 is 1.41 bits per heavy atom. The van der Waals surface area contributed by atoms with E-state index in [1.165, 1.54) is 0 Å². The predicted octanol–water partition coefficient (Wildman–Crippen LogP) is 3.18. The van der Waals surface area contributed by atoms with Gasteiger partial charge in [-0.1, -0.05) is 6.07 Å². The summed E-state index contributed by atoms with van der Waals surface area (Å²) in [4.78, 5) is 18.8. The van der Waals surface area contributed by atoms with Crippen LogP contribution in [-0.2, 0) is 4.74 Å². The van der Waals surface area contributed by atoms with Crippen LogP contribution in [0.25, 0.3) is 10.9 Å². The topological polar surface area (TPSA) is 54.5 Å². The number of pyridine rings is 1. The molecule has 0 bridgehead atoms. The Morgan fingerprint density at radius 2 is 2.23 bits per heavy atom. The van der Waals surface area contributed by atoms with Gasteiger partial charge in [-0.3, -0.25) is 4.98 Å². The SMILES string of the molecule is Cc1cc(NC(=O)N2CCOC(C)C2C)c2ncccc2c1. The highest BCUT2D eigenvalue weighted by atomic mass is 16.5. The molecule has 0 spiro atoms. The first-order valence-electron chi connectivity index (χ1n) is 7.61. The Labute approximate surface area is 130 Å². The Bertz CT molecular complexity index is 701. The van der Waals surface area contributed by atoms with Crippen molar-refractivity contribution in [3.63, 3.8) is 0 Å². The minimum atomic E-state index is -0.0970. The van der Waals surface area contributed by atoms with Gasteiger partial charge < -0.3 is 15.0 Å². The number of hydrogen-bond donors (Lipinski definition) is 1. The van der Waals surface area contributed by atoms with Crippen LogP contribution < -0.4 is 5.32 Å². The van der Waals surface area contributed by atoms with Gasteiger partial charge in [0.1, 0.15) is 0 Å². The summed E-state index contributed by atoms with van der Waals surface area (Å²) >= 11 is 0. The fourth-order valence-electron chi connectivity index (χ4n) is 2.84. The van der Waals surface area contributed by atoms with Gasteiger partial charge in [0, 0.05) is 18.1 Å². The molecule has 2 atom stereocenters. The number of morpholine rings is 1. The summed E-state index contributed by atoms with van der Waals surface area (Å²) in [5, 5.41) is 4.04. The fourth-order valence-corrected chi connectivity index (χ4v) is 2.84. The first kappa shape index (κ1) is 14.8. The lowest BCUT2D eigenvalue weighted by Gasteiger charge is -2.37. The summed E-state index contributed by atoms with van der Waals surface area (Å²) in [5.74, 6) is 0. The highest BCUT2D eigenvalue weighted by Crippen LogP contribution is 2.24. The zero-order valence-electron chi connectivity index (χ0n) is 13.2. The molecule has 2 aromatic rings.